The Hall–Kier alpha value is -0.870. The molecule has 3 rings (SSSR count). The van der Waals surface area contributed by atoms with E-state index in [1.165, 1.54) is 32.4 Å². The van der Waals surface area contributed by atoms with Crippen molar-refractivity contribution in [3.63, 3.8) is 0 Å². The molecule has 1 aliphatic carbocycles. The summed E-state index contributed by atoms with van der Waals surface area (Å²) in [6.07, 6.45) is 7.88. The van der Waals surface area contributed by atoms with Gasteiger partial charge in [0.15, 0.2) is 0 Å². The van der Waals surface area contributed by atoms with Crippen molar-refractivity contribution in [3.05, 3.63) is 18.2 Å². The highest BCUT2D eigenvalue weighted by Crippen LogP contribution is 2.33. The lowest BCUT2D eigenvalue weighted by molar-refractivity contribution is 0.312. The van der Waals surface area contributed by atoms with Gasteiger partial charge in [-0.05, 0) is 19.3 Å². The second-order valence-electron chi connectivity index (χ2n) is 4.66. The van der Waals surface area contributed by atoms with E-state index >= 15 is 0 Å². The van der Waals surface area contributed by atoms with Gasteiger partial charge in [-0.3, -0.25) is 4.90 Å². The number of nitrogens with two attached hydrogens (primary N) is 1. The van der Waals surface area contributed by atoms with Gasteiger partial charge in [0.1, 0.15) is 0 Å². The zero-order valence-corrected chi connectivity index (χ0v) is 8.97. The highest BCUT2D eigenvalue weighted by Gasteiger charge is 2.35. The molecule has 2 fully saturated rings. The summed E-state index contributed by atoms with van der Waals surface area (Å²) >= 11 is 0. The van der Waals surface area contributed by atoms with E-state index in [1.807, 2.05) is 12.5 Å². The molecule has 2 heterocycles. The molecule has 82 valence electrons. The Morgan fingerprint density at radius 2 is 2.20 bits per heavy atom. The van der Waals surface area contributed by atoms with Gasteiger partial charge in [-0.25, -0.2) is 4.98 Å². The molecule has 4 heteroatoms. The van der Waals surface area contributed by atoms with E-state index in [2.05, 4.69) is 14.5 Å². The third-order valence-electron chi connectivity index (χ3n) is 3.61. The third kappa shape index (κ3) is 1.68. The molecule has 1 aliphatic heterocycles. The smallest absolute Gasteiger partial charge is 0.0951 e. The zero-order valence-electron chi connectivity index (χ0n) is 8.97. The standard InChI is InChI=1S/C11H18N4/c12-5-11-6-13-8-15(11)10-3-4-14(7-10)9-1-2-9/h6,8-10H,1-5,7,12H2. The summed E-state index contributed by atoms with van der Waals surface area (Å²) in [5, 5.41) is 0. The average Bonchev–Trinajstić information content (AvgIpc) is 2.83. The van der Waals surface area contributed by atoms with Gasteiger partial charge in [-0.15, -0.1) is 0 Å². The lowest BCUT2D eigenvalue weighted by atomic mass is 10.2. The molecule has 1 unspecified atom stereocenters. The summed E-state index contributed by atoms with van der Waals surface area (Å²) in [4.78, 5) is 6.80. The van der Waals surface area contributed by atoms with Crippen molar-refractivity contribution in [1.82, 2.24) is 14.5 Å². The van der Waals surface area contributed by atoms with Crippen LogP contribution in [0.2, 0.25) is 0 Å². The minimum Gasteiger partial charge on any atom is -0.329 e. The Kier molecular flexibility index (Phi) is 2.25. The molecular formula is C11H18N4. The maximum atomic E-state index is 5.70. The van der Waals surface area contributed by atoms with Crippen molar-refractivity contribution in [3.8, 4) is 0 Å². The highest BCUT2D eigenvalue weighted by atomic mass is 15.2. The molecule has 0 radical (unpaired) electrons. The number of hydrogen-bond donors (Lipinski definition) is 1. The van der Waals surface area contributed by atoms with E-state index in [0.717, 1.165) is 11.7 Å². The zero-order chi connectivity index (χ0) is 10.3. The van der Waals surface area contributed by atoms with Crippen LogP contribution in [0.4, 0.5) is 0 Å². The lowest BCUT2D eigenvalue weighted by Crippen LogP contribution is -2.24. The summed E-state index contributed by atoms with van der Waals surface area (Å²) in [6, 6.07) is 1.49. The molecule has 0 aromatic carbocycles. The fraction of sp³-hybridized carbons (Fsp3) is 0.727. The SMILES string of the molecule is NCc1cncn1C1CCN(C2CC2)C1. The number of hydrogen-bond acceptors (Lipinski definition) is 3. The molecule has 1 saturated carbocycles. The molecular weight excluding hydrogens is 188 g/mol. The molecule has 15 heavy (non-hydrogen) atoms. The van der Waals surface area contributed by atoms with Crippen molar-refractivity contribution >= 4 is 0 Å². The average molecular weight is 206 g/mol. The van der Waals surface area contributed by atoms with Gasteiger partial charge >= 0.3 is 0 Å². The van der Waals surface area contributed by atoms with Gasteiger partial charge in [0, 0.05) is 37.9 Å². The molecule has 2 N–H and O–H groups in total. The van der Waals surface area contributed by atoms with Gasteiger partial charge in [0.25, 0.3) is 0 Å². The lowest BCUT2D eigenvalue weighted by Gasteiger charge is -2.17. The van der Waals surface area contributed by atoms with E-state index in [0.29, 0.717) is 12.6 Å². The minimum absolute atomic E-state index is 0.597. The predicted octanol–water partition coefficient (Wildman–Crippen LogP) is 0.751. The van der Waals surface area contributed by atoms with Crippen LogP contribution in [0.1, 0.15) is 31.0 Å². The number of rotatable bonds is 3. The van der Waals surface area contributed by atoms with Crippen LogP contribution in [-0.4, -0.2) is 33.6 Å². The maximum Gasteiger partial charge on any atom is 0.0951 e. The van der Waals surface area contributed by atoms with E-state index in [-0.39, 0.29) is 0 Å². The molecule has 1 atom stereocenters. The summed E-state index contributed by atoms with van der Waals surface area (Å²) in [5.74, 6) is 0. The fourth-order valence-corrected chi connectivity index (χ4v) is 2.59. The van der Waals surface area contributed by atoms with Crippen LogP contribution in [0.3, 0.4) is 0 Å². The monoisotopic (exact) mass is 206 g/mol. The Morgan fingerprint density at radius 1 is 1.33 bits per heavy atom. The molecule has 1 aromatic rings. The van der Waals surface area contributed by atoms with Crippen LogP contribution in [0.15, 0.2) is 12.5 Å². The molecule has 1 saturated heterocycles. The van der Waals surface area contributed by atoms with Gasteiger partial charge in [-0.1, -0.05) is 0 Å². The molecule has 0 bridgehead atoms. The second kappa shape index (κ2) is 3.61. The topological polar surface area (TPSA) is 47.1 Å². The first kappa shape index (κ1) is 9.36. The Bertz CT molecular complexity index is 342. The van der Waals surface area contributed by atoms with Crippen LogP contribution in [0, 0.1) is 0 Å². The number of nitrogens with zero attached hydrogens (tertiary/aromatic N) is 3. The van der Waals surface area contributed by atoms with Crippen LogP contribution in [0.25, 0.3) is 0 Å². The molecule has 1 aromatic heterocycles. The van der Waals surface area contributed by atoms with E-state index in [4.69, 9.17) is 5.73 Å². The summed E-state index contributed by atoms with van der Waals surface area (Å²) in [6.45, 7) is 3.03. The van der Waals surface area contributed by atoms with Crippen LogP contribution in [-0.2, 0) is 6.54 Å². The molecule has 0 spiro atoms. The van der Waals surface area contributed by atoms with E-state index < -0.39 is 0 Å². The van der Waals surface area contributed by atoms with Gasteiger partial charge in [0.2, 0.25) is 0 Å². The Morgan fingerprint density at radius 3 is 2.93 bits per heavy atom. The van der Waals surface area contributed by atoms with Gasteiger partial charge in [-0.2, -0.15) is 0 Å². The summed E-state index contributed by atoms with van der Waals surface area (Å²) in [5.41, 5.74) is 6.86. The highest BCUT2D eigenvalue weighted by molar-refractivity contribution is 5.02. The Balaban J connectivity index is 1.72. The van der Waals surface area contributed by atoms with Crippen molar-refractivity contribution in [2.45, 2.75) is 37.9 Å². The first-order chi connectivity index (χ1) is 7.38. The number of likely N-dealkylation sites (tertiary alicyclic amines) is 1. The summed E-state index contributed by atoms with van der Waals surface area (Å²) < 4.78 is 2.27. The first-order valence-electron chi connectivity index (χ1n) is 5.83. The first-order valence-corrected chi connectivity index (χ1v) is 5.83. The largest absolute Gasteiger partial charge is 0.329 e. The van der Waals surface area contributed by atoms with Crippen LogP contribution >= 0.6 is 0 Å². The van der Waals surface area contributed by atoms with Crippen LogP contribution < -0.4 is 5.73 Å². The third-order valence-corrected chi connectivity index (χ3v) is 3.61. The number of imidazole rings is 1. The van der Waals surface area contributed by atoms with Gasteiger partial charge in [0.05, 0.1) is 12.0 Å². The quantitative estimate of drug-likeness (QED) is 0.794. The van der Waals surface area contributed by atoms with Crippen LogP contribution in [0.5, 0.6) is 0 Å². The maximum absolute atomic E-state index is 5.70. The molecule has 0 amide bonds. The van der Waals surface area contributed by atoms with Crippen molar-refractivity contribution in [2.75, 3.05) is 13.1 Å². The number of aromatic nitrogens is 2. The second-order valence-corrected chi connectivity index (χ2v) is 4.66. The molecule has 4 nitrogen and oxygen atoms in total. The minimum atomic E-state index is 0.597. The fourth-order valence-electron chi connectivity index (χ4n) is 2.59. The van der Waals surface area contributed by atoms with E-state index in [1.54, 1.807) is 0 Å². The summed E-state index contributed by atoms with van der Waals surface area (Å²) in [7, 11) is 0. The van der Waals surface area contributed by atoms with Gasteiger partial charge < -0.3 is 10.3 Å². The predicted molar refractivity (Wildman–Crippen MR) is 58.4 cm³/mol. The Labute approximate surface area is 90.1 Å². The van der Waals surface area contributed by atoms with Crippen molar-refractivity contribution in [1.29, 1.82) is 0 Å². The van der Waals surface area contributed by atoms with Crippen molar-refractivity contribution < 1.29 is 0 Å². The molecule has 2 aliphatic rings. The normalized spacial score (nSPS) is 27.4. The van der Waals surface area contributed by atoms with E-state index in [9.17, 15) is 0 Å². The van der Waals surface area contributed by atoms with Crippen molar-refractivity contribution in [2.24, 2.45) is 5.73 Å².